The van der Waals surface area contributed by atoms with Crippen molar-refractivity contribution < 1.29 is 22.7 Å². The number of oxazole rings is 1. The van der Waals surface area contributed by atoms with E-state index in [1.807, 2.05) is 0 Å². The summed E-state index contributed by atoms with van der Waals surface area (Å²) in [4.78, 5) is 14.3. The molecule has 1 N–H and O–H groups in total. The van der Waals surface area contributed by atoms with E-state index in [0.29, 0.717) is 18.7 Å². The molecule has 1 aromatic heterocycles. The molecule has 1 saturated heterocycles. The van der Waals surface area contributed by atoms with Gasteiger partial charge in [-0.25, -0.2) is 18.2 Å². The second kappa shape index (κ2) is 3.89. The van der Waals surface area contributed by atoms with Gasteiger partial charge in [-0.15, -0.1) is 0 Å². The molecule has 2 rings (SSSR count). The number of hydrogen-bond acceptors (Lipinski definition) is 5. The van der Waals surface area contributed by atoms with Crippen molar-refractivity contribution in [3.05, 3.63) is 17.8 Å². The fourth-order valence-electron chi connectivity index (χ4n) is 1.78. The molecule has 1 aromatic rings. The van der Waals surface area contributed by atoms with Crippen LogP contribution in [0.15, 0.2) is 10.7 Å². The van der Waals surface area contributed by atoms with Gasteiger partial charge in [0.25, 0.3) is 0 Å². The molecular weight excluding hydrogens is 234 g/mol. The average Bonchev–Trinajstić information content (AvgIpc) is 2.73. The van der Waals surface area contributed by atoms with E-state index >= 15 is 0 Å². The molecule has 0 aromatic carbocycles. The first-order valence-corrected chi connectivity index (χ1v) is 6.66. The van der Waals surface area contributed by atoms with Crippen LogP contribution in [0.25, 0.3) is 0 Å². The second-order valence-electron chi connectivity index (χ2n) is 3.90. The van der Waals surface area contributed by atoms with Crippen molar-refractivity contribution in [2.45, 2.75) is 12.8 Å². The minimum Gasteiger partial charge on any atom is -0.476 e. The molecule has 1 fully saturated rings. The fraction of sp³-hybridized carbons (Fsp3) is 0.556. The van der Waals surface area contributed by atoms with Gasteiger partial charge in [-0.2, -0.15) is 0 Å². The van der Waals surface area contributed by atoms with Crippen molar-refractivity contribution in [3.8, 4) is 0 Å². The highest BCUT2D eigenvalue weighted by Gasteiger charge is 2.29. The Morgan fingerprint density at radius 2 is 2.38 bits per heavy atom. The lowest BCUT2D eigenvalue weighted by Crippen LogP contribution is -2.08. The van der Waals surface area contributed by atoms with Crippen LogP contribution in [-0.4, -0.2) is 36.0 Å². The Bertz CT molecular complexity index is 504. The van der Waals surface area contributed by atoms with Crippen molar-refractivity contribution in [3.63, 3.8) is 0 Å². The van der Waals surface area contributed by atoms with Crippen LogP contribution in [0, 0.1) is 5.92 Å². The molecular formula is C9H11NO5S. The zero-order valence-corrected chi connectivity index (χ0v) is 9.24. The van der Waals surface area contributed by atoms with Crippen LogP contribution in [0.2, 0.25) is 0 Å². The molecule has 1 aliphatic rings. The molecule has 0 radical (unpaired) electrons. The molecule has 0 aliphatic carbocycles. The lowest BCUT2D eigenvalue weighted by Gasteiger charge is -2.01. The van der Waals surface area contributed by atoms with Crippen molar-refractivity contribution in [1.82, 2.24) is 4.98 Å². The molecule has 0 spiro atoms. The number of aromatic nitrogens is 1. The standard InChI is InChI=1S/C9H11NO5S/c11-9(12)7-4-15-8(10-7)3-6-1-2-16(13,14)5-6/h4,6H,1-3,5H2,(H,11,12). The van der Waals surface area contributed by atoms with Gasteiger partial charge in [-0.05, 0) is 12.3 Å². The molecule has 1 atom stereocenters. The third-order valence-corrected chi connectivity index (χ3v) is 4.40. The number of nitrogens with zero attached hydrogens (tertiary/aromatic N) is 1. The summed E-state index contributed by atoms with van der Waals surface area (Å²) in [6.07, 6.45) is 2.04. The summed E-state index contributed by atoms with van der Waals surface area (Å²) in [6, 6.07) is 0. The average molecular weight is 245 g/mol. The quantitative estimate of drug-likeness (QED) is 0.825. The van der Waals surface area contributed by atoms with E-state index in [4.69, 9.17) is 9.52 Å². The fourth-order valence-corrected chi connectivity index (χ4v) is 3.64. The summed E-state index contributed by atoms with van der Waals surface area (Å²) in [7, 11) is -2.91. The Morgan fingerprint density at radius 3 is 2.88 bits per heavy atom. The van der Waals surface area contributed by atoms with E-state index in [-0.39, 0.29) is 23.1 Å². The van der Waals surface area contributed by atoms with E-state index < -0.39 is 15.8 Å². The predicted molar refractivity (Wildman–Crippen MR) is 53.9 cm³/mol. The summed E-state index contributed by atoms with van der Waals surface area (Å²) in [6.45, 7) is 0. The van der Waals surface area contributed by atoms with Crippen molar-refractivity contribution >= 4 is 15.8 Å². The van der Waals surface area contributed by atoms with Crippen molar-refractivity contribution in [2.75, 3.05) is 11.5 Å². The van der Waals surface area contributed by atoms with Crippen LogP contribution in [0.5, 0.6) is 0 Å². The third-order valence-electron chi connectivity index (χ3n) is 2.56. The molecule has 1 aliphatic heterocycles. The zero-order valence-electron chi connectivity index (χ0n) is 8.42. The molecule has 88 valence electrons. The second-order valence-corrected chi connectivity index (χ2v) is 6.13. The Kier molecular flexibility index (Phi) is 2.71. The van der Waals surface area contributed by atoms with Gasteiger partial charge in [0.15, 0.2) is 21.4 Å². The van der Waals surface area contributed by atoms with E-state index in [1.165, 1.54) is 0 Å². The number of rotatable bonds is 3. The molecule has 7 heteroatoms. The first kappa shape index (κ1) is 11.1. The number of carbonyl (C=O) groups is 1. The third kappa shape index (κ3) is 2.41. The van der Waals surface area contributed by atoms with E-state index in [0.717, 1.165) is 6.26 Å². The smallest absolute Gasteiger partial charge is 0.357 e. The van der Waals surface area contributed by atoms with Crippen LogP contribution in [0.1, 0.15) is 22.8 Å². The van der Waals surface area contributed by atoms with Gasteiger partial charge in [0.05, 0.1) is 11.5 Å². The predicted octanol–water partition coefficient (Wildman–Crippen LogP) is 0.350. The van der Waals surface area contributed by atoms with Gasteiger partial charge in [0, 0.05) is 6.42 Å². The summed E-state index contributed by atoms with van der Waals surface area (Å²) < 4.78 is 27.4. The maximum absolute atomic E-state index is 11.2. The summed E-state index contributed by atoms with van der Waals surface area (Å²) in [5.74, 6) is -0.527. The van der Waals surface area contributed by atoms with Crippen LogP contribution >= 0.6 is 0 Å². The number of carboxylic acid groups (broad SMARTS) is 1. The number of sulfone groups is 1. The molecule has 1 unspecified atom stereocenters. The molecule has 0 bridgehead atoms. The molecule has 16 heavy (non-hydrogen) atoms. The van der Waals surface area contributed by atoms with Gasteiger partial charge in [0.2, 0.25) is 0 Å². The Hall–Kier alpha value is -1.37. The topological polar surface area (TPSA) is 97.5 Å². The van der Waals surface area contributed by atoms with Crippen molar-refractivity contribution in [2.24, 2.45) is 5.92 Å². The number of hydrogen-bond donors (Lipinski definition) is 1. The van der Waals surface area contributed by atoms with E-state index in [9.17, 15) is 13.2 Å². The minimum absolute atomic E-state index is 0.00899. The van der Waals surface area contributed by atoms with Gasteiger partial charge in [-0.3, -0.25) is 0 Å². The Balaban J connectivity index is 2.02. The van der Waals surface area contributed by atoms with Crippen LogP contribution < -0.4 is 0 Å². The van der Waals surface area contributed by atoms with Crippen molar-refractivity contribution in [1.29, 1.82) is 0 Å². The largest absolute Gasteiger partial charge is 0.476 e. The maximum atomic E-state index is 11.2. The van der Waals surface area contributed by atoms with E-state index in [1.54, 1.807) is 0 Å². The van der Waals surface area contributed by atoms with Gasteiger partial charge in [0.1, 0.15) is 6.26 Å². The molecule has 2 heterocycles. The van der Waals surface area contributed by atoms with Gasteiger partial charge >= 0.3 is 5.97 Å². The first-order valence-electron chi connectivity index (χ1n) is 4.84. The Labute approximate surface area is 92.2 Å². The maximum Gasteiger partial charge on any atom is 0.357 e. The molecule has 6 nitrogen and oxygen atoms in total. The first-order chi connectivity index (χ1) is 7.46. The lowest BCUT2D eigenvalue weighted by atomic mass is 10.1. The summed E-state index contributed by atoms with van der Waals surface area (Å²) in [5, 5.41) is 8.62. The highest BCUT2D eigenvalue weighted by Crippen LogP contribution is 2.22. The summed E-state index contributed by atoms with van der Waals surface area (Å²) >= 11 is 0. The zero-order chi connectivity index (χ0) is 11.8. The van der Waals surface area contributed by atoms with Crippen LogP contribution in [-0.2, 0) is 16.3 Å². The van der Waals surface area contributed by atoms with Gasteiger partial charge in [-0.1, -0.05) is 0 Å². The normalized spacial score (nSPS) is 23.4. The van der Waals surface area contributed by atoms with Gasteiger partial charge < -0.3 is 9.52 Å². The Morgan fingerprint density at radius 1 is 1.62 bits per heavy atom. The molecule has 0 amide bonds. The number of carboxylic acids is 1. The highest BCUT2D eigenvalue weighted by atomic mass is 32.2. The SMILES string of the molecule is O=C(O)c1coc(CC2CCS(=O)(=O)C2)n1. The van der Waals surface area contributed by atoms with E-state index in [2.05, 4.69) is 4.98 Å². The highest BCUT2D eigenvalue weighted by molar-refractivity contribution is 7.91. The lowest BCUT2D eigenvalue weighted by molar-refractivity contribution is 0.0690. The minimum atomic E-state index is -2.91. The summed E-state index contributed by atoms with van der Waals surface area (Å²) in [5.41, 5.74) is -0.143. The van der Waals surface area contributed by atoms with Crippen LogP contribution in [0.4, 0.5) is 0 Å². The molecule has 0 saturated carbocycles. The van der Waals surface area contributed by atoms with Crippen LogP contribution in [0.3, 0.4) is 0 Å². The number of aromatic carboxylic acids is 1. The monoisotopic (exact) mass is 245 g/mol.